The van der Waals surface area contributed by atoms with E-state index >= 15 is 0 Å². The Labute approximate surface area is 344 Å². The quantitative estimate of drug-likeness (QED) is 0.115. The summed E-state index contributed by atoms with van der Waals surface area (Å²) in [7, 11) is 2.86. The third kappa shape index (κ3) is 10.1. The van der Waals surface area contributed by atoms with E-state index in [0.29, 0.717) is 13.2 Å². The van der Waals surface area contributed by atoms with Crippen molar-refractivity contribution in [2.45, 2.75) is 97.4 Å². The molecule has 0 amide bonds. The largest absolute Gasteiger partial charge is 0.496 e. The average molecular weight is 815 g/mol. The first-order chi connectivity index (χ1) is 26.8. The molecule has 1 saturated heterocycles. The third-order valence-electron chi connectivity index (χ3n) is 12.3. The lowest BCUT2D eigenvalue weighted by atomic mass is 10.0. The maximum Gasteiger partial charge on any atom is 0.192 e. The van der Waals surface area contributed by atoms with Gasteiger partial charge in [0.25, 0.3) is 0 Å². The molecule has 0 unspecified atom stereocenters. The zero-order valence-corrected chi connectivity index (χ0v) is 39.0. The Kier molecular flexibility index (Phi) is 13.7. The van der Waals surface area contributed by atoms with E-state index in [4.69, 9.17) is 37.8 Å². The van der Waals surface area contributed by atoms with Crippen LogP contribution in [0.2, 0.25) is 36.3 Å². The van der Waals surface area contributed by atoms with E-state index in [9.17, 15) is 0 Å². The monoisotopic (exact) mass is 814 g/mol. The van der Waals surface area contributed by atoms with Crippen LogP contribution in [0.1, 0.15) is 59.1 Å². The van der Waals surface area contributed by atoms with Crippen molar-refractivity contribution in [2.75, 3.05) is 64.4 Å². The van der Waals surface area contributed by atoms with Crippen LogP contribution in [0.5, 0.6) is 23.0 Å². The molecule has 1 aliphatic heterocycles. The molecule has 0 saturated carbocycles. The second-order valence-electron chi connectivity index (χ2n) is 18.0. The van der Waals surface area contributed by atoms with Crippen molar-refractivity contribution in [3.05, 3.63) is 72.1 Å². The van der Waals surface area contributed by atoms with Gasteiger partial charge in [-0.3, -0.25) is 0 Å². The SMILES string of the molecule is COc1cc(-c2ccc(N3CCCN(c4ccc(-c5cc(OC)c(CO[Si](C)(C)C(C)(C)C)c(OC)c5)cn4)CC3)nc2)cc(OC)c1CO[Si](C)(C)C(C)(C)C. The Balaban J connectivity index is 1.25. The molecule has 2 aromatic carbocycles. The van der Waals surface area contributed by atoms with E-state index in [1.807, 2.05) is 12.4 Å². The maximum atomic E-state index is 6.55. The first kappa shape index (κ1) is 44.0. The summed E-state index contributed by atoms with van der Waals surface area (Å²) in [6, 6.07) is 16.7. The van der Waals surface area contributed by atoms with Gasteiger partial charge in [-0.15, -0.1) is 0 Å². The van der Waals surface area contributed by atoms with Gasteiger partial charge in [0.15, 0.2) is 16.6 Å². The number of pyridine rings is 2. The molecule has 57 heavy (non-hydrogen) atoms. The number of hydrogen-bond donors (Lipinski definition) is 0. The highest BCUT2D eigenvalue weighted by atomic mass is 28.4. The van der Waals surface area contributed by atoms with Crippen LogP contribution >= 0.6 is 0 Å². The number of aromatic nitrogens is 2. The number of nitrogens with zero attached hydrogens (tertiary/aromatic N) is 4. The minimum atomic E-state index is -1.96. The second kappa shape index (κ2) is 17.8. The number of methoxy groups -OCH3 is 4. The smallest absolute Gasteiger partial charge is 0.192 e. The summed E-state index contributed by atoms with van der Waals surface area (Å²) in [5.41, 5.74) is 5.82. The van der Waals surface area contributed by atoms with Crippen LogP contribution in [0.25, 0.3) is 22.3 Å². The number of rotatable bonds is 14. The topological polar surface area (TPSA) is 87.6 Å². The highest BCUT2D eigenvalue weighted by Gasteiger charge is 2.38. The van der Waals surface area contributed by atoms with Gasteiger partial charge in [0.05, 0.1) is 52.8 Å². The molecule has 2 aromatic heterocycles. The molecule has 0 aliphatic carbocycles. The van der Waals surface area contributed by atoms with Gasteiger partial charge in [-0.2, -0.15) is 0 Å². The van der Waals surface area contributed by atoms with Crippen LogP contribution in [0.15, 0.2) is 60.9 Å². The van der Waals surface area contributed by atoms with E-state index in [1.54, 1.807) is 28.4 Å². The van der Waals surface area contributed by atoms with Crippen molar-refractivity contribution in [1.82, 2.24) is 9.97 Å². The number of ether oxygens (including phenoxy) is 4. The van der Waals surface area contributed by atoms with Crippen LogP contribution < -0.4 is 28.7 Å². The molecule has 5 rings (SSSR count). The molecule has 0 N–H and O–H groups in total. The first-order valence-corrected chi connectivity index (χ1v) is 25.8. The van der Waals surface area contributed by atoms with Gasteiger partial charge in [-0.25, -0.2) is 9.97 Å². The summed E-state index contributed by atoms with van der Waals surface area (Å²) in [6.45, 7) is 26.9. The first-order valence-electron chi connectivity index (χ1n) is 20.0. The molecule has 0 radical (unpaired) electrons. The lowest BCUT2D eigenvalue weighted by Crippen LogP contribution is -2.40. The fourth-order valence-corrected chi connectivity index (χ4v) is 8.26. The summed E-state index contributed by atoms with van der Waals surface area (Å²) in [5, 5.41) is 0.213. The number of anilines is 2. The Morgan fingerprint density at radius 1 is 0.509 bits per heavy atom. The molecule has 4 aromatic rings. The van der Waals surface area contributed by atoms with E-state index in [-0.39, 0.29) is 10.1 Å². The molecule has 0 atom stereocenters. The zero-order chi connectivity index (χ0) is 41.8. The Hall–Kier alpha value is -4.11. The molecule has 12 heteroatoms. The molecular formula is C45H66N4O6Si2. The predicted octanol–water partition coefficient (Wildman–Crippen LogP) is 10.6. The molecule has 10 nitrogen and oxygen atoms in total. The van der Waals surface area contributed by atoms with E-state index in [1.165, 1.54) is 0 Å². The zero-order valence-electron chi connectivity index (χ0n) is 37.0. The van der Waals surface area contributed by atoms with E-state index in [2.05, 4.69) is 126 Å². The van der Waals surface area contributed by atoms with Crippen molar-refractivity contribution in [3.63, 3.8) is 0 Å². The molecule has 0 bridgehead atoms. The van der Waals surface area contributed by atoms with Gasteiger partial charge in [0, 0.05) is 49.7 Å². The normalized spacial score (nSPS) is 14.4. The van der Waals surface area contributed by atoms with E-state index < -0.39 is 16.6 Å². The molecular weight excluding hydrogens is 749 g/mol. The average Bonchev–Trinajstić information content (AvgIpc) is 3.44. The van der Waals surface area contributed by atoms with Crippen molar-refractivity contribution in [1.29, 1.82) is 0 Å². The third-order valence-corrected chi connectivity index (χ3v) is 21.2. The number of hydrogen-bond acceptors (Lipinski definition) is 10. The summed E-state index contributed by atoms with van der Waals surface area (Å²) in [6.07, 6.45) is 4.87. The van der Waals surface area contributed by atoms with Crippen molar-refractivity contribution in [2.24, 2.45) is 0 Å². The molecule has 310 valence electrons. The second-order valence-corrected chi connectivity index (χ2v) is 27.6. The lowest BCUT2D eigenvalue weighted by molar-refractivity contribution is 0.262. The van der Waals surface area contributed by atoms with Gasteiger partial charge in [0.2, 0.25) is 0 Å². The molecule has 3 heterocycles. The molecule has 1 aliphatic rings. The van der Waals surface area contributed by atoms with Crippen LogP contribution in [0, 0.1) is 0 Å². The van der Waals surface area contributed by atoms with Crippen LogP contribution in [0.4, 0.5) is 11.6 Å². The lowest BCUT2D eigenvalue weighted by Gasteiger charge is -2.36. The fraction of sp³-hybridized carbons (Fsp3) is 0.511. The van der Waals surface area contributed by atoms with Crippen molar-refractivity contribution < 1.29 is 27.8 Å². The van der Waals surface area contributed by atoms with Gasteiger partial charge in [-0.1, -0.05) is 41.5 Å². The molecule has 1 fully saturated rings. The van der Waals surface area contributed by atoms with E-state index in [0.717, 1.165) is 101 Å². The highest BCUT2D eigenvalue weighted by Crippen LogP contribution is 2.42. The maximum absolute atomic E-state index is 6.55. The van der Waals surface area contributed by atoms with Crippen LogP contribution in [-0.2, 0) is 22.1 Å². The van der Waals surface area contributed by atoms with Gasteiger partial charge < -0.3 is 37.6 Å². The van der Waals surface area contributed by atoms with Gasteiger partial charge in [-0.05, 0) is 102 Å². The summed E-state index contributed by atoms with van der Waals surface area (Å²) >= 11 is 0. The molecule has 0 spiro atoms. The predicted molar refractivity (Wildman–Crippen MR) is 239 cm³/mol. The Morgan fingerprint density at radius 2 is 0.842 bits per heavy atom. The van der Waals surface area contributed by atoms with Crippen molar-refractivity contribution in [3.8, 4) is 45.3 Å². The van der Waals surface area contributed by atoms with Gasteiger partial charge in [0.1, 0.15) is 34.6 Å². The number of benzene rings is 2. The van der Waals surface area contributed by atoms with Crippen molar-refractivity contribution >= 4 is 28.3 Å². The Morgan fingerprint density at radius 3 is 1.11 bits per heavy atom. The summed E-state index contributed by atoms with van der Waals surface area (Å²) in [4.78, 5) is 14.6. The fourth-order valence-electron chi connectivity index (χ4n) is 6.39. The minimum absolute atomic E-state index is 0.107. The Bertz CT molecular complexity index is 1770. The highest BCUT2D eigenvalue weighted by molar-refractivity contribution is 6.74. The minimum Gasteiger partial charge on any atom is -0.496 e. The van der Waals surface area contributed by atoms with Crippen LogP contribution in [-0.4, -0.2) is 81.2 Å². The van der Waals surface area contributed by atoms with Gasteiger partial charge >= 0.3 is 0 Å². The summed E-state index contributed by atoms with van der Waals surface area (Å²) < 4.78 is 36.5. The van der Waals surface area contributed by atoms with Crippen LogP contribution in [0.3, 0.4) is 0 Å². The standard InChI is InChI=1S/C45H66N4O6Si2/c1-44(2,3)56(11,12)54-30-36-38(50-7)24-34(25-39(36)51-8)32-16-18-42(46-28-32)48-20-15-21-49(23-22-48)43-19-17-33(29-47-43)35-26-40(52-9)37(41(27-35)53-10)31-55-57(13,14)45(4,5)6/h16-19,24-29H,15,20-23,30-31H2,1-14H3. The summed E-state index contributed by atoms with van der Waals surface area (Å²) in [5.74, 6) is 4.93.